The Hall–Kier alpha value is -1.67. The summed E-state index contributed by atoms with van der Waals surface area (Å²) in [6.07, 6.45) is 0.652. The van der Waals surface area contributed by atoms with Gasteiger partial charge in [0.05, 0.1) is 24.7 Å². The molecule has 0 saturated carbocycles. The molecule has 1 aromatic carbocycles. The van der Waals surface area contributed by atoms with Gasteiger partial charge in [0.1, 0.15) is 5.60 Å². The van der Waals surface area contributed by atoms with Crippen molar-refractivity contribution < 1.29 is 24.5 Å². The molecule has 1 fully saturated rings. The average molecular weight is 439 g/mol. The van der Waals surface area contributed by atoms with Crippen LogP contribution in [0.3, 0.4) is 0 Å². The van der Waals surface area contributed by atoms with E-state index < -0.39 is 17.0 Å². The molecule has 0 spiro atoms. The lowest BCUT2D eigenvalue weighted by atomic mass is 9.87. The third kappa shape index (κ3) is 4.80. The Balaban J connectivity index is 1.96. The van der Waals surface area contributed by atoms with Crippen LogP contribution in [0.2, 0.25) is 5.02 Å². The van der Waals surface area contributed by atoms with Crippen LogP contribution >= 0.6 is 11.6 Å². The molecule has 0 bridgehead atoms. The van der Waals surface area contributed by atoms with E-state index in [1.807, 2.05) is 12.1 Å². The number of morpholine rings is 1. The van der Waals surface area contributed by atoms with Gasteiger partial charge in [-0.25, -0.2) is 0 Å². The summed E-state index contributed by atoms with van der Waals surface area (Å²) >= 11 is 6.43. The van der Waals surface area contributed by atoms with Crippen molar-refractivity contribution in [2.75, 3.05) is 32.8 Å². The maximum absolute atomic E-state index is 12.7. The number of benzene rings is 1. The Morgan fingerprint density at radius 3 is 2.57 bits per heavy atom. The zero-order chi connectivity index (χ0) is 22.3. The smallest absolute Gasteiger partial charge is 0.310 e. The molecule has 30 heavy (non-hydrogen) atoms. The molecule has 3 rings (SSSR count). The normalized spacial score (nSPS) is 20.7. The number of carbonyl (C=O) groups excluding carboxylic acids is 1. The van der Waals surface area contributed by atoms with E-state index in [1.165, 1.54) is 13.8 Å². The molecular formula is C22H31ClN2O5. The SMILES string of the molecule is CC(C)(O)C(=O)N1CCc2cc(Cl)cc([C@@H]3COCCN3CC(C)(C)C(=O)O)c2C1. The van der Waals surface area contributed by atoms with E-state index in [2.05, 4.69) is 4.90 Å². The van der Waals surface area contributed by atoms with Crippen LogP contribution in [-0.4, -0.2) is 70.3 Å². The molecule has 7 nitrogen and oxygen atoms in total. The molecule has 1 saturated heterocycles. The van der Waals surface area contributed by atoms with Crippen molar-refractivity contribution in [2.24, 2.45) is 5.41 Å². The number of carboxylic acid groups (broad SMARTS) is 1. The summed E-state index contributed by atoms with van der Waals surface area (Å²) in [6.45, 7) is 9.32. The lowest BCUT2D eigenvalue weighted by molar-refractivity contribution is -0.150. The van der Waals surface area contributed by atoms with Gasteiger partial charge in [-0.3, -0.25) is 14.5 Å². The van der Waals surface area contributed by atoms with Crippen molar-refractivity contribution in [3.8, 4) is 0 Å². The fourth-order valence-corrected chi connectivity index (χ4v) is 4.45. The molecule has 2 N–H and O–H groups in total. The largest absolute Gasteiger partial charge is 0.481 e. The maximum Gasteiger partial charge on any atom is 0.310 e. The zero-order valence-corrected chi connectivity index (χ0v) is 18.8. The minimum absolute atomic E-state index is 0.151. The zero-order valence-electron chi connectivity index (χ0n) is 18.1. The van der Waals surface area contributed by atoms with Crippen molar-refractivity contribution in [3.05, 3.63) is 33.8 Å². The first kappa shape index (κ1) is 23.0. The second-order valence-electron chi connectivity index (χ2n) is 9.42. The Morgan fingerprint density at radius 1 is 1.23 bits per heavy atom. The Bertz CT molecular complexity index is 834. The lowest BCUT2D eigenvalue weighted by Gasteiger charge is -2.41. The molecule has 0 aromatic heterocycles. The van der Waals surface area contributed by atoms with Gasteiger partial charge >= 0.3 is 5.97 Å². The van der Waals surface area contributed by atoms with E-state index >= 15 is 0 Å². The van der Waals surface area contributed by atoms with Crippen LogP contribution in [0.15, 0.2) is 12.1 Å². The van der Waals surface area contributed by atoms with Crippen molar-refractivity contribution in [2.45, 2.75) is 52.3 Å². The van der Waals surface area contributed by atoms with Crippen LogP contribution in [0.1, 0.15) is 50.4 Å². The molecule has 0 unspecified atom stereocenters. The van der Waals surface area contributed by atoms with Gasteiger partial charge in [0, 0.05) is 31.2 Å². The van der Waals surface area contributed by atoms with Crippen molar-refractivity contribution in [1.29, 1.82) is 0 Å². The highest BCUT2D eigenvalue weighted by Gasteiger charge is 2.37. The number of hydrogen-bond donors (Lipinski definition) is 2. The fraction of sp³-hybridized carbons (Fsp3) is 0.636. The molecule has 2 aliphatic heterocycles. The minimum Gasteiger partial charge on any atom is -0.481 e. The molecule has 1 atom stereocenters. The summed E-state index contributed by atoms with van der Waals surface area (Å²) in [5.74, 6) is -1.15. The molecule has 2 aliphatic rings. The second-order valence-corrected chi connectivity index (χ2v) is 9.86. The molecule has 2 heterocycles. The highest BCUT2D eigenvalue weighted by atomic mass is 35.5. The van der Waals surface area contributed by atoms with E-state index in [-0.39, 0.29) is 11.9 Å². The topological polar surface area (TPSA) is 90.3 Å². The summed E-state index contributed by atoms with van der Waals surface area (Å²) in [4.78, 5) is 28.2. The number of halogens is 1. The summed E-state index contributed by atoms with van der Waals surface area (Å²) in [5.41, 5.74) is 0.719. The molecule has 8 heteroatoms. The average Bonchev–Trinajstić information content (AvgIpc) is 2.65. The molecule has 1 amide bonds. The molecule has 0 aliphatic carbocycles. The molecule has 1 aromatic rings. The first-order valence-electron chi connectivity index (χ1n) is 10.3. The van der Waals surface area contributed by atoms with E-state index in [9.17, 15) is 19.8 Å². The van der Waals surface area contributed by atoms with Gasteiger partial charge in [0.2, 0.25) is 0 Å². The monoisotopic (exact) mass is 438 g/mol. The Morgan fingerprint density at radius 2 is 1.93 bits per heavy atom. The first-order chi connectivity index (χ1) is 13.9. The minimum atomic E-state index is -1.43. The number of nitrogens with zero attached hydrogens (tertiary/aromatic N) is 2. The summed E-state index contributed by atoms with van der Waals surface area (Å²) in [5, 5.41) is 20.4. The number of carbonyl (C=O) groups is 2. The predicted molar refractivity (Wildman–Crippen MR) is 113 cm³/mol. The number of rotatable bonds is 5. The van der Waals surface area contributed by atoms with Crippen LogP contribution in [-0.2, 0) is 27.3 Å². The van der Waals surface area contributed by atoms with Gasteiger partial charge in [-0.2, -0.15) is 0 Å². The third-order valence-electron chi connectivity index (χ3n) is 5.93. The van der Waals surface area contributed by atoms with Crippen molar-refractivity contribution in [3.63, 3.8) is 0 Å². The number of aliphatic carboxylic acids is 1. The van der Waals surface area contributed by atoms with Gasteiger partial charge in [-0.05, 0) is 62.9 Å². The van der Waals surface area contributed by atoms with Crippen LogP contribution in [0.25, 0.3) is 0 Å². The second kappa shape index (κ2) is 8.46. The van der Waals surface area contributed by atoms with Gasteiger partial charge in [-0.1, -0.05) is 11.6 Å². The number of carboxylic acids is 1. The van der Waals surface area contributed by atoms with Crippen LogP contribution < -0.4 is 0 Å². The molecule has 166 valence electrons. The molecule has 0 radical (unpaired) electrons. The Kier molecular flexibility index (Phi) is 6.49. The van der Waals surface area contributed by atoms with E-state index in [0.29, 0.717) is 50.8 Å². The number of fused-ring (bicyclic) bond motifs is 1. The third-order valence-corrected chi connectivity index (χ3v) is 6.15. The van der Waals surface area contributed by atoms with Crippen molar-refractivity contribution in [1.82, 2.24) is 9.80 Å². The number of amides is 1. The predicted octanol–water partition coefficient (Wildman–Crippen LogP) is 2.48. The standard InChI is InChI=1S/C22H31ClN2O5/c1-21(2,20(27)28)13-25-7-8-30-12-18(25)16-10-15(23)9-14-5-6-24(11-17(14)16)19(26)22(3,4)29/h9-10,18,29H,5-8,11-13H2,1-4H3,(H,27,28)/t18-/m0/s1. The highest BCUT2D eigenvalue weighted by molar-refractivity contribution is 6.30. The number of hydrogen-bond acceptors (Lipinski definition) is 5. The van der Waals surface area contributed by atoms with Crippen LogP contribution in [0.5, 0.6) is 0 Å². The first-order valence-corrected chi connectivity index (χ1v) is 10.7. The van der Waals surface area contributed by atoms with Crippen LogP contribution in [0.4, 0.5) is 0 Å². The van der Waals surface area contributed by atoms with Gasteiger partial charge in [0.15, 0.2) is 0 Å². The summed E-state index contributed by atoms with van der Waals surface area (Å²) in [6, 6.07) is 3.68. The molecular weight excluding hydrogens is 408 g/mol. The fourth-order valence-electron chi connectivity index (χ4n) is 4.20. The van der Waals surface area contributed by atoms with Crippen LogP contribution in [0, 0.1) is 5.41 Å². The summed E-state index contributed by atoms with van der Waals surface area (Å²) in [7, 11) is 0. The van der Waals surface area contributed by atoms with E-state index in [4.69, 9.17) is 16.3 Å². The lowest BCUT2D eigenvalue weighted by Crippen LogP contribution is -2.49. The van der Waals surface area contributed by atoms with Gasteiger partial charge in [-0.15, -0.1) is 0 Å². The van der Waals surface area contributed by atoms with Gasteiger partial charge in [0.25, 0.3) is 5.91 Å². The van der Waals surface area contributed by atoms with Crippen molar-refractivity contribution >= 4 is 23.5 Å². The summed E-state index contributed by atoms with van der Waals surface area (Å²) < 4.78 is 5.75. The van der Waals surface area contributed by atoms with E-state index in [0.717, 1.165) is 16.7 Å². The number of aliphatic hydroxyl groups is 1. The number of ether oxygens (including phenoxy) is 1. The van der Waals surface area contributed by atoms with Gasteiger partial charge < -0.3 is 19.8 Å². The highest BCUT2D eigenvalue weighted by Crippen LogP contribution is 2.36. The van der Waals surface area contributed by atoms with E-state index in [1.54, 1.807) is 18.7 Å². The Labute approximate surface area is 182 Å². The maximum atomic E-state index is 12.7. The quantitative estimate of drug-likeness (QED) is 0.734.